The van der Waals surface area contributed by atoms with E-state index in [1.165, 1.54) is 0 Å². The fourth-order valence-electron chi connectivity index (χ4n) is 1.07. The first kappa shape index (κ1) is 12.2. The Bertz CT molecular complexity index is 322. The van der Waals surface area contributed by atoms with Crippen LogP contribution in [0, 0.1) is 0 Å². The van der Waals surface area contributed by atoms with Gasteiger partial charge >= 0.3 is 5.97 Å². The lowest BCUT2D eigenvalue weighted by atomic mass is 10.2. The summed E-state index contributed by atoms with van der Waals surface area (Å²) in [7, 11) is 0. The Labute approximate surface area is 97.7 Å². The van der Waals surface area contributed by atoms with E-state index in [0.717, 1.165) is 10.0 Å². The third-order valence-corrected chi connectivity index (χ3v) is 2.33. The fourth-order valence-corrected chi connectivity index (χ4v) is 1.33. The molecule has 82 valence electrons. The lowest BCUT2D eigenvalue weighted by Gasteiger charge is -2.06. The van der Waals surface area contributed by atoms with Crippen LogP contribution in [0.25, 0.3) is 0 Å². The number of halogens is 1. The second-order valence-electron chi connectivity index (χ2n) is 3.47. The van der Waals surface area contributed by atoms with Crippen molar-refractivity contribution in [2.24, 2.45) is 5.73 Å². The van der Waals surface area contributed by atoms with E-state index in [0.29, 0.717) is 6.61 Å². The van der Waals surface area contributed by atoms with Gasteiger partial charge in [-0.2, -0.15) is 0 Å². The molecule has 0 aromatic heterocycles. The molecule has 0 bridgehead atoms. The van der Waals surface area contributed by atoms with Crippen molar-refractivity contribution in [1.29, 1.82) is 0 Å². The summed E-state index contributed by atoms with van der Waals surface area (Å²) in [5.41, 5.74) is 6.44. The average molecular weight is 272 g/mol. The normalized spacial score (nSPS) is 12.2. The zero-order valence-electron chi connectivity index (χ0n) is 8.57. The predicted octanol–water partition coefficient (Wildman–Crippen LogP) is 2.23. The molecule has 1 rings (SSSR count). The summed E-state index contributed by atoms with van der Waals surface area (Å²) in [4.78, 5) is 11.2. The minimum absolute atomic E-state index is 0.151. The van der Waals surface area contributed by atoms with E-state index in [1.54, 1.807) is 6.92 Å². The monoisotopic (exact) mass is 271 g/mol. The number of carbonyl (C=O) groups excluding carboxylic acids is 1. The van der Waals surface area contributed by atoms with Crippen molar-refractivity contribution in [2.75, 3.05) is 0 Å². The molecule has 1 unspecified atom stereocenters. The molecule has 0 aliphatic heterocycles. The Morgan fingerprint density at radius 2 is 2.07 bits per heavy atom. The number of benzene rings is 1. The average Bonchev–Trinajstić information content (AvgIpc) is 2.16. The maximum absolute atomic E-state index is 11.2. The molecule has 2 N–H and O–H groups in total. The number of ether oxygens (including phenoxy) is 1. The summed E-state index contributed by atoms with van der Waals surface area (Å²) in [6.45, 7) is 2.08. The lowest BCUT2D eigenvalue weighted by Crippen LogP contribution is -2.20. The highest BCUT2D eigenvalue weighted by atomic mass is 79.9. The van der Waals surface area contributed by atoms with Crippen LogP contribution in [0.5, 0.6) is 0 Å². The largest absolute Gasteiger partial charge is 0.461 e. The number of hydrogen-bond donors (Lipinski definition) is 1. The fraction of sp³-hybridized carbons (Fsp3) is 0.364. The quantitative estimate of drug-likeness (QED) is 0.855. The van der Waals surface area contributed by atoms with Crippen molar-refractivity contribution in [1.82, 2.24) is 0 Å². The molecule has 0 spiro atoms. The van der Waals surface area contributed by atoms with Crippen molar-refractivity contribution in [3.05, 3.63) is 34.3 Å². The third-order valence-electron chi connectivity index (χ3n) is 1.80. The van der Waals surface area contributed by atoms with Gasteiger partial charge in [-0.25, -0.2) is 0 Å². The summed E-state index contributed by atoms with van der Waals surface area (Å²) in [5, 5.41) is 0. The summed E-state index contributed by atoms with van der Waals surface area (Å²) in [5.74, 6) is -0.257. The molecule has 0 fully saturated rings. The molecular weight excluding hydrogens is 258 g/mol. The Morgan fingerprint density at radius 3 is 2.60 bits per heavy atom. The Hall–Kier alpha value is -0.870. The highest BCUT2D eigenvalue weighted by molar-refractivity contribution is 9.10. The predicted molar refractivity (Wildman–Crippen MR) is 62.2 cm³/mol. The molecule has 0 saturated carbocycles. The minimum atomic E-state index is -0.257. The summed E-state index contributed by atoms with van der Waals surface area (Å²) >= 11 is 3.33. The number of esters is 1. The van der Waals surface area contributed by atoms with Crippen LogP contribution < -0.4 is 5.73 Å². The molecule has 1 aromatic rings. The van der Waals surface area contributed by atoms with Gasteiger partial charge in [0.25, 0.3) is 0 Å². The van der Waals surface area contributed by atoms with Gasteiger partial charge < -0.3 is 10.5 Å². The highest BCUT2D eigenvalue weighted by Crippen LogP contribution is 2.11. The molecule has 1 aromatic carbocycles. The van der Waals surface area contributed by atoms with Crippen molar-refractivity contribution in [3.8, 4) is 0 Å². The topological polar surface area (TPSA) is 52.3 Å². The van der Waals surface area contributed by atoms with Gasteiger partial charge in [0.15, 0.2) is 0 Å². The minimum Gasteiger partial charge on any atom is -0.461 e. The Morgan fingerprint density at radius 1 is 1.47 bits per heavy atom. The zero-order chi connectivity index (χ0) is 11.3. The van der Waals surface area contributed by atoms with E-state index < -0.39 is 0 Å². The van der Waals surface area contributed by atoms with Crippen molar-refractivity contribution in [3.63, 3.8) is 0 Å². The number of hydrogen-bond acceptors (Lipinski definition) is 3. The van der Waals surface area contributed by atoms with Crippen molar-refractivity contribution < 1.29 is 9.53 Å². The first-order chi connectivity index (χ1) is 7.08. The van der Waals surface area contributed by atoms with Crippen molar-refractivity contribution in [2.45, 2.75) is 26.0 Å². The van der Waals surface area contributed by atoms with Gasteiger partial charge in [-0.3, -0.25) is 4.79 Å². The van der Waals surface area contributed by atoms with Gasteiger partial charge in [0.05, 0.1) is 6.42 Å². The molecule has 4 heteroatoms. The van der Waals surface area contributed by atoms with Crippen LogP contribution in [0.2, 0.25) is 0 Å². The van der Waals surface area contributed by atoms with Gasteiger partial charge in [0, 0.05) is 10.5 Å². The van der Waals surface area contributed by atoms with E-state index in [2.05, 4.69) is 15.9 Å². The second kappa shape index (κ2) is 5.88. The summed E-state index contributed by atoms with van der Waals surface area (Å²) < 4.78 is 6.05. The van der Waals surface area contributed by atoms with Crippen LogP contribution in [-0.2, 0) is 16.1 Å². The van der Waals surface area contributed by atoms with E-state index in [-0.39, 0.29) is 18.4 Å². The second-order valence-corrected chi connectivity index (χ2v) is 4.38. The molecule has 1 atom stereocenters. The molecule has 0 radical (unpaired) electrons. The van der Waals surface area contributed by atoms with Crippen LogP contribution in [0.1, 0.15) is 18.9 Å². The maximum Gasteiger partial charge on any atom is 0.307 e. The molecule has 0 aliphatic carbocycles. The van der Waals surface area contributed by atoms with Crippen LogP contribution in [0.4, 0.5) is 0 Å². The highest BCUT2D eigenvalue weighted by Gasteiger charge is 2.06. The first-order valence-corrected chi connectivity index (χ1v) is 5.53. The van der Waals surface area contributed by atoms with E-state index >= 15 is 0 Å². The van der Waals surface area contributed by atoms with Crippen LogP contribution in [0.3, 0.4) is 0 Å². The molecule has 0 heterocycles. The number of carbonyl (C=O) groups is 1. The molecule has 3 nitrogen and oxygen atoms in total. The Kier molecular flexibility index (Phi) is 4.78. The summed E-state index contributed by atoms with van der Waals surface area (Å²) in [6, 6.07) is 7.48. The van der Waals surface area contributed by atoms with Gasteiger partial charge in [0.2, 0.25) is 0 Å². The van der Waals surface area contributed by atoms with Crippen LogP contribution in [0.15, 0.2) is 28.7 Å². The van der Waals surface area contributed by atoms with Gasteiger partial charge in [-0.15, -0.1) is 0 Å². The maximum atomic E-state index is 11.2. The van der Waals surface area contributed by atoms with Gasteiger partial charge in [-0.1, -0.05) is 28.1 Å². The van der Waals surface area contributed by atoms with E-state index in [4.69, 9.17) is 10.5 Å². The zero-order valence-corrected chi connectivity index (χ0v) is 10.2. The summed E-state index contributed by atoms with van der Waals surface area (Å²) in [6.07, 6.45) is 0.260. The third kappa shape index (κ3) is 4.95. The smallest absolute Gasteiger partial charge is 0.307 e. The van der Waals surface area contributed by atoms with E-state index in [9.17, 15) is 4.79 Å². The standard InChI is InChI=1S/C11H14BrNO2/c1-8(13)6-11(14)15-7-9-2-4-10(12)5-3-9/h2-5,8H,6-7,13H2,1H3. The SMILES string of the molecule is CC(N)CC(=O)OCc1ccc(Br)cc1. The van der Waals surface area contributed by atoms with Crippen LogP contribution >= 0.6 is 15.9 Å². The van der Waals surface area contributed by atoms with Gasteiger partial charge in [0.1, 0.15) is 6.61 Å². The molecule has 0 aliphatic rings. The number of rotatable bonds is 4. The Balaban J connectivity index is 2.37. The van der Waals surface area contributed by atoms with Crippen LogP contribution in [-0.4, -0.2) is 12.0 Å². The molecule has 0 amide bonds. The molecule has 15 heavy (non-hydrogen) atoms. The van der Waals surface area contributed by atoms with Gasteiger partial charge in [-0.05, 0) is 24.6 Å². The first-order valence-electron chi connectivity index (χ1n) is 4.73. The molecule has 0 saturated heterocycles. The van der Waals surface area contributed by atoms with E-state index in [1.807, 2.05) is 24.3 Å². The molecular formula is C11H14BrNO2. The van der Waals surface area contributed by atoms with Crippen molar-refractivity contribution >= 4 is 21.9 Å². The number of nitrogens with two attached hydrogens (primary N) is 1. The lowest BCUT2D eigenvalue weighted by molar-refractivity contribution is -0.145.